The first kappa shape index (κ1) is 12.1. The van der Waals surface area contributed by atoms with Crippen LogP contribution in [0.2, 0.25) is 0 Å². The Hall–Kier alpha value is -1.00. The van der Waals surface area contributed by atoms with Gasteiger partial charge >= 0.3 is 0 Å². The maximum atomic E-state index is 5.88. The minimum absolute atomic E-state index is 0.369. The van der Waals surface area contributed by atoms with E-state index in [1.165, 1.54) is 12.8 Å². The number of nitrogens with one attached hydrogen (secondary N) is 1. The number of ether oxygens (including phenoxy) is 1. The summed E-state index contributed by atoms with van der Waals surface area (Å²) in [6, 6.07) is 2.00. The van der Waals surface area contributed by atoms with Gasteiger partial charge in [0, 0.05) is 18.7 Å². The third-order valence-corrected chi connectivity index (χ3v) is 3.90. The molecule has 0 aliphatic carbocycles. The highest BCUT2D eigenvalue weighted by Gasteiger charge is 2.42. The number of hydrogen-bond donors (Lipinski definition) is 1. The van der Waals surface area contributed by atoms with Gasteiger partial charge in [-0.15, -0.1) is 0 Å². The van der Waals surface area contributed by atoms with Crippen LogP contribution in [0.3, 0.4) is 0 Å². The van der Waals surface area contributed by atoms with E-state index in [-0.39, 0.29) is 0 Å². The highest BCUT2D eigenvalue weighted by atomic mass is 16.5. The summed E-state index contributed by atoms with van der Waals surface area (Å²) in [6.45, 7) is 4.05. The highest BCUT2D eigenvalue weighted by Crippen LogP contribution is 2.43. The largest absolute Gasteiger partial charge is 0.374 e. The molecule has 1 N–H and O–H groups in total. The lowest BCUT2D eigenvalue weighted by atomic mass is 9.88. The zero-order chi connectivity index (χ0) is 12.4. The van der Waals surface area contributed by atoms with Gasteiger partial charge in [0.25, 0.3) is 0 Å². The van der Waals surface area contributed by atoms with Crippen LogP contribution in [0.4, 0.5) is 0 Å². The van der Waals surface area contributed by atoms with Crippen LogP contribution >= 0.6 is 0 Å². The molecule has 98 valence electrons. The molecule has 2 bridgehead atoms. The minimum atomic E-state index is 0.369. The first-order chi connectivity index (χ1) is 8.86. The van der Waals surface area contributed by atoms with Crippen molar-refractivity contribution in [2.45, 2.75) is 57.3 Å². The van der Waals surface area contributed by atoms with Gasteiger partial charge in [-0.25, -0.2) is 9.97 Å². The number of rotatable bonds is 5. The fourth-order valence-corrected chi connectivity index (χ4v) is 2.99. The Morgan fingerprint density at radius 2 is 2.39 bits per heavy atom. The predicted molar refractivity (Wildman–Crippen MR) is 69.3 cm³/mol. The number of nitrogens with zero attached hydrogens (tertiary/aromatic N) is 2. The second-order valence-corrected chi connectivity index (χ2v) is 5.30. The maximum Gasteiger partial charge on any atom is 0.134 e. The molecule has 0 amide bonds. The van der Waals surface area contributed by atoms with E-state index in [0.717, 1.165) is 37.4 Å². The third kappa shape index (κ3) is 2.40. The van der Waals surface area contributed by atoms with Crippen LogP contribution in [-0.4, -0.2) is 28.7 Å². The van der Waals surface area contributed by atoms with E-state index in [9.17, 15) is 0 Å². The van der Waals surface area contributed by atoms with E-state index in [1.807, 2.05) is 12.3 Å². The summed E-state index contributed by atoms with van der Waals surface area (Å²) < 4.78 is 5.88. The Kier molecular flexibility index (Phi) is 3.57. The van der Waals surface area contributed by atoms with Gasteiger partial charge in [-0.1, -0.05) is 6.92 Å². The van der Waals surface area contributed by atoms with E-state index >= 15 is 0 Å². The van der Waals surface area contributed by atoms with Gasteiger partial charge in [-0.05, 0) is 38.3 Å². The van der Waals surface area contributed by atoms with E-state index in [2.05, 4.69) is 17.2 Å². The molecule has 3 rings (SSSR count). The lowest BCUT2D eigenvalue weighted by Gasteiger charge is -2.17. The zero-order valence-electron chi connectivity index (χ0n) is 10.9. The highest BCUT2D eigenvalue weighted by molar-refractivity contribution is 5.11. The van der Waals surface area contributed by atoms with E-state index < -0.39 is 0 Å². The van der Waals surface area contributed by atoms with Gasteiger partial charge in [-0.3, -0.25) is 0 Å². The molecule has 0 radical (unpaired) electrons. The molecular formula is C14H21N3O. The van der Waals surface area contributed by atoms with Crippen LogP contribution in [0.15, 0.2) is 12.3 Å². The summed E-state index contributed by atoms with van der Waals surface area (Å²) in [5, 5.41) is 3.38. The second kappa shape index (κ2) is 5.33. The Morgan fingerprint density at radius 3 is 3.11 bits per heavy atom. The molecule has 2 aliphatic rings. The first-order valence-corrected chi connectivity index (χ1v) is 7.05. The van der Waals surface area contributed by atoms with Crippen molar-refractivity contribution < 1.29 is 4.74 Å². The molecule has 1 aromatic heterocycles. The zero-order valence-corrected chi connectivity index (χ0v) is 10.9. The molecule has 0 spiro atoms. The fourth-order valence-electron chi connectivity index (χ4n) is 2.99. The smallest absolute Gasteiger partial charge is 0.134 e. The molecule has 2 fully saturated rings. The van der Waals surface area contributed by atoms with Crippen LogP contribution in [0, 0.1) is 0 Å². The van der Waals surface area contributed by atoms with Crippen molar-refractivity contribution in [3.8, 4) is 0 Å². The molecule has 2 saturated heterocycles. The molecule has 4 heteroatoms. The maximum absolute atomic E-state index is 5.88. The molecule has 18 heavy (non-hydrogen) atoms. The second-order valence-electron chi connectivity index (χ2n) is 5.30. The topological polar surface area (TPSA) is 47.0 Å². The Labute approximate surface area is 108 Å². The van der Waals surface area contributed by atoms with Gasteiger partial charge in [0.1, 0.15) is 5.82 Å². The van der Waals surface area contributed by atoms with E-state index in [4.69, 9.17) is 9.72 Å². The molecule has 3 atom stereocenters. The molecule has 0 aromatic carbocycles. The van der Waals surface area contributed by atoms with Crippen molar-refractivity contribution in [3.63, 3.8) is 0 Å². The predicted octanol–water partition coefficient (Wildman–Crippen LogP) is 2.01. The van der Waals surface area contributed by atoms with E-state index in [1.54, 1.807) is 0 Å². The van der Waals surface area contributed by atoms with Crippen molar-refractivity contribution in [1.29, 1.82) is 0 Å². The monoisotopic (exact) mass is 247 g/mol. The Bertz CT molecular complexity index is 410. The van der Waals surface area contributed by atoms with Crippen molar-refractivity contribution in [2.75, 3.05) is 6.54 Å². The lowest BCUT2D eigenvalue weighted by molar-refractivity contribution is 0.0998. The van der Waals surface area contributed by atoms with Crippen molar-refractivity contribution in [1.82, 2.24) is 15.3 Å². The number of fused-ring (bicyclic) bond motifs is 2. The summed E-state index contributed by atoms with van der Waals surface area (Å²) in [7, 11) is 0. The fraction of sp³-hybridized carbons (Fsp3) is 0.714. The molecule has 0 saturated carbocycles. The lowest BCUT2D eigenvalue weighted by Crippen LogP contribution is -2.19. The molecule has 1 aromatic rings. The van der Waals surface area contributed by atoms with Crippen molar-refractivity contribution >= 4 is 0 Å². The Morgan fingerprint density at radius 1 is 1.44 bits per heavy atom. The third-order valence-electron chi connectivity index (χ3n) is 3.90. The van der Waals surface area contributed by atoms with Gasteiger partial charge in [0.05, 0.1) is 17.9 Å². The summed E-state index contributed by atoms with van der Waals surface area (Å²) in [5.41, 5.74) is 1.09. The van der Waals surface area contributed by atoms with Gasteiger partial charge in [-0.2, -0.15) is 0 Å². The minimum Gasteiger partial charge on any atom is -0.374 e. The van der Waals surface area contributed by atoms with Crippen LogP contribution < -0.4 is 5.32 Å². The first-order valence-electron chi connectivity index (χ1n) is 7.05. The molecule has 2 aliphatic heterocycles. The molecule has 4 nitrogen and oxygen atoms in total. The van der Waals surface area contributed by atoms with Crippen LogP contribution in [0.25, 0.3) is 0 Å². The van der Waals surface area contributed by atoms with Crippen molar-refractivity contribution in [3.05, 3.63) is 23.8 Å². The van der Waals surface area contributed by atoms with Gasteiger partial charge < -0.3 is 10.1 Å². The SMILES string of the molecule is CCCNCc1ccnc(C2CC3CCC2O3)n1. The molecular weight excluding hydrogens is 226 g/mol. The summed E-state index contributed by atoms with van der Waals surface area (Å²) >= 11 is 0. The van der Waals surface area contributed by atoms with Crippen LogP contribution in [0.5, 0.6) is 0 Å². The molecule has 3 unspecified atom stereocenters. The molecule has 3 heterocycles. The quantitative estimate of drug-likeness (QED) is 0.809. The van der Waals surface area contributed by atoms with Gasteiger partial charge in [0.15, 0.2) is 0 Å². The average Bonchev–Trinajstić information content (AvgIpc) is 3.02. The standard InChI is InChI=1S/C14H21N3O/c1-2-6-15-9-10-5-7-16-14(17-10)12-8-11-3-4-13(12)18-11/h5,7,11-13,15H,2-4,6,8-9H2,1H3. The van der Waals surface area contributed by atoms with Gasteiger partial charge in [0.2, 0.25) is 0 Å². The van der Waals surface area contributed by atoms with Crippen LogP contribution in [0.1, 0.15) is 50.0 Å². The van der Waals surface area contributed by atoms with E-state index in [0.29, 0.717) is 18.1 Å². The Balaban J connectivity index is 1.67. The van der Waals surface area contributed by atoms with Crippen molar-refractivity contribution in [2.24, 2.45) is 0 Å². The number of hydrogen-bond acceptors (Lipinski definition) is 4. The van der Waals surface area contributed by atoms with Crippen LogP contribution in [-0.2, 0) is 11.3 Å². The summed E-state index contributed by atoms with van der Waals surface area (Å²) in [4.78, 5) is 9.14. The normalized spacial score (nSPS) is 29.9. The summed E-state index contributed by atoms with van der Waals surface area (Å²) in [5.74, 6) is 1.41. The number of aromatic nitrogens is 2. The summed E-state index contributed by atoms with van der Waals surface area (Å²) in [6.07, 6.45) is 7.38. The average molecular weight is 247 g/mol.